The molecule has 2 aromatic rings. The second-order valence-corrected chi connectivity index (χ2v) is 5.73. The number of fused-ring (bicyclic) bond motifs is 1. The fourth-order valence-electron chi connectivity index (χ4n) is 1.44. The van der Waals surface area contributed by atoms with Gasteiger partial charge in [-0.3, -0.25) is 0 Å². The van der Waals surface area contributed by atoms with Crippen molar-refractivity contribution in [3.8, 4) is 0 Å². The Morgan fingerprint density at radius 1 is 1.38 bits per heavy atom. The smallest absolute Gasteiger partial charge is 0.337 e. The molecule has 0 unspecified atom stereocenters. The first-order chi connectivity index (χ1) is 7.39. The van der Waals surface area contributed by atoms with E-state index in [1.165, 1.54) is 11.3 Å². The van der Waals surface area contributed by atoms with E-state index in [9.17, 15) is 4.79 Å². The van der Waals surface area contributed by atoms with Gasteiger partial charge >= 0.3 is 5.97 Å². The van der Waals surface area contributed by atoms with E-state index in [2.05, 4.69) is 25.8 Å². The molecule has 84 valence electrons. The van der Waals surface area contributed by atoms with Crippen molar-refractivity contribution in [3.05, 3.63) is 28.8 Å². The average Bonchev–Trinajstić information content (AvgIpc) is 2.59. The van der Waals surface area contributed by atoms with Gasteiger partial charge in [0.1, 0.15) is 0 Å². The van der Waals surface area contributed by atoms with E-state index in [0.717, 1.165) is 15.2 Å². The highest BCUT2D eigenvalue weighted by Gasteiger charge is 2.20. The molecule has 0 amide bonds. The van der Waals surface area contributed by atoms with Crippen molar-refractivity contribution in [2.24, 2.45) is 0 Å². The molecule has 1 N–H and O–H groups in total. The molecule has 2 rings (SSSR count). The predicted octanol–water partition coefficient (Wildman–Crippen LogP) is 3.29. The summed E-state index contributed by atoms with van der Waals surface area (Å²) in [7, 11) is 0. The Hall–Kier alpha value is -1.42. The molecule has 4 heteroatoms. The Morgan fingerprint density at radius 2 is 2.06 bits per heavy atom. The number of carboxylic acids is 1. The molecule has 0 bridgehead atoms. The first-order valence-electron chi connectivity index (χ1n) is 5.03. The molecular weight excluding hydrogens is 222 g/mol. The first kappa shape index (κ1) is 11.1. The van der Waals surface area contributed by atoms with Crippen LogP contribution < -0.4 is 0 Å². The summed E-state index contributed by atoms with van der Waals surface area (Å²) in [4.78, 5) is 15.5. The van der Waals surface area contributed by atoms with Crippen LogP contribution in [0.2, 0.25) is 0 Å². The predicted molar refractivity (Wildman–Crippen MR) is 65.3 cm³/mol. The van der Waals surface area contributed by atoms with E-state index in [1.54, 1.807) is 12.1 Å². The molecule has 0 atom stereocenters. The molecule has 0 aliphatic rings. The number of nitrogens with zero attached hydrogens (tertiary/aromatic N) is 1. The highest BCUT2D eigenvalue weighted by atomic mass is 32.1. The lowest BCUT2D eigenvalue weighted by Crippen LogP contribution is -2.09. The third-order valence-electron chi connectivity index (χ3n) is 2.29. The van der Waals surface area contributed by atoms with E-state index in [-0.39, 0.29) is 5.41 Å². The van der Waals surface area contributed by atoms with Crippen molar-refractivity contribution in [2.45, 2.75) is 26.2 Å². The van der Waals surface area contributed by atoms with E-state index >= 15 is 0 Å². The second kappa shape index (κ2) is 3.56. The van der Waals surface area contributed by atoms with Gasteiger partial charge in [-0.15, -0.1) is 11.3 Å². The number of carboxylic acid groups (broad SMARTS) is 1. The van der Waals surface area contributed by atoms with Gasteiger partial charge in [-0.05, 0) is 12.1 Å². The van der Waals surface area contributed by atoms with Gasteiger partial charge in [0.2, 0.25) is 0 Å². The quantitative estimate of drug-likeness (QED) is 0.825. The maximum atomic E-state index is 11.1. The van der Waals surface area contributed by atoms with Crippen LogP contribution in [0.15, 0.2) is 18.2 Å². The molecule has 0 saturated heterocycles. The van der Waals surface area contributed by atoms with Crippen LogP contribution in [0.5, 0.6) is 0 Å². The molecule has 1 aromatic heterocycles. The van der Waals surface area contributed by atoms with Crippen molar-refractivity contribution in [1.29, 1.82) is 0 Å². The molecule has 3 nitrogen and oxygen atoms in total. The molecule has 1 heterocycles. The minimum atomic E-state index is -0.894. The van der Waals surface area contributed by atoms with Crippen LogP contribution >= 0.6 is 11.3 Å². The van der Waals surface area contributed by atoms with Crippen LogP contribution in [0.3, 0.4) is 0 Å². The zero-order chi connectivity index (χ0) is 11.9. The van der Waals surface area contributed by atoms with Gasteiger partial charge in [0.05, 0.1) is 20.8 Å². The number of hydrogen-bond donors (Lipinski definition) is 1. The number of hydrogen-bond acceptors (Lipinski definition) is 3. The lowest BCUT2D eigenvalue weighted by atomic mass is 9.98. The number of thiazole rings is 1. The Bertz CT molecular complexity index is 552. The largest absolute Gasteiger partial charge is 0.478 e. The van der Waals surface area contributed by atoms with Crippen LogP contribution in [0.4, 0.5) is 0 Å². The lowest BCUT2D eigenvalue weighted by Gasteiger charge is -2.13. The summed E-state index contributed by atoms with van der Waals surface area (Å²) in [6, 6.07) is 5.21. The molecule has 0 saturated carbocycles. The average molecular weight is 235 g/mol. The molecule has 16 heavy (non-hydrogen) atoms. The fraction of sp³-hybridized carbons (Fsp3) is 0.333. The van der Waals surface area contributed by atoms with Crippen LogP contribution in [0.1, 0.15) is 36.1 Å². The highest BCUT2D eigenvalue weighted by Crippen LogP contribution is 2.32. The van der Waals surface area contributed by atoms with Crippen LogP contribution in [0, 0.1) is 0 Å². The third-order valence-corrected chi connectivity index (χ3v) is 3.82. The van der Waals surface area contributed by atoms with Gasteiger partial charge in [0.15, 0.2) is 0 Å². The summed E-state index contributed by atoms with van der Waals surface area (Å²) in [5, 5.41) is 10.0. The van der Waals surface area contributed by atoms with Crippen LogP contribution in [0.25, 0.3) is 10.2 Å². The van der Waals surface area contributed by atoms with Gasteiger partial charge < -0.3 is 5.11 Å². The minimum absolute atomic E-state index is 0.0422. The maximum Gasteiger partial charge on any atom is 0.337 e. The van der Waals surface area contributed by atoms with Gasteiger partial charge in [-0.25, -0.2) is 9.78 Å². The van der Waals surface area contributed by atoms with Crippen molar-refractivity contribution >= 4 is 27.5 Å². The van der Waals surface area contributed by atoms with Gasteiger partial charge in [0.25, 0.3) is 0 Å². The molecule has 0 radical (unpaired) electrons. The summed E-state index contributed by atoms with van der Waals surface area (Å²) in [6.07, 6.45) is 0. The Labute approximate surface area is 97.8 Å². The monoisotopic (exact) mass is 235 g/mol. The molecule has 0 spiro atoms. The van der Waals surface area contributed by atoms with E-state index in [1.807, 2.05) is 6.07 Å². The zero-order valence-corrected chi connectivity index (χ0v) is 10.3. The molecule has 0 aliphatic carbocycles. The second-order valence-electron chi connectivity index (χ2n) is 4.73. The number of aromatic nitrogens is 1. The fourth-order valence-corrected chi connectivity index (χ4v) is 2.57. The summed E-state index contributed by atoms with van der Waals surface area (Å²) < 4.78 is 0.764. The third kappa shape index (κ3) is 1.80. The van der Waals surface area contributed by atoms with Crippen molar-refractivity contribution in [1.82, 2.24) is 4.98 Å². The van der Waals surface area contributed by atoms with Gasteiger partial charge in [-0.2, -0.15) is 0 Å². The van der Waals surface area contributed by atoms with E-state index in [0.29, 0.717) is 5.56 Å². The maximum absolute atomic E-state index is 11.1. The number of aromatic carboxylic acids is 1. The molecular formula is C12H13NO2S. The zero-order valence-electron chi connectivity index (χ0n) is 9.44. The molecule has 1 aromatic carbocycles. The number of carbonyl (C=O) groups is 1. The summed E-state index contributed by atoms with van der Waals surface area (Å²) in [5.41, 5.74) is 1.07. The SMILES string of the molecule is CC(C)(C)c1nc2cccc(C(=O)O)c2s1. The normalized spacial score (nSPS) is 11.9. The number of rotatable bonds is 1. The standard InChI is InChI=1S/C12H13NO2S/c1-12(2,3)11-13-8-6-4-5-7(10(14)15)9(8)16-11/h4-6H,1-3H3,(H,14,15). The van der Waals surface area contributed by atoms with Crippen LogP contribution in [-0.4, -0.2) is 16.1 Å². The summed E-state index contributed by atoms with van der Waals surface area (Å²) in [5.74, 6) is -0.894. The van der Waals surface area contributed by atoms with Gasteiger partial charge in [-0.1, -0.05) is 26.8 Å². The van der Waals surface area contributed by atoms with E-state index in [4.69, 9.17) is 5.11 Å². The lowest BCUT2D eigenvalue weighted by molar-refractivity contribution is 0.0699. The summed E-state index contributed by atoms with van der Waals surface area (Å²) >= 11 is 1.47. The van der Waals surface area contributed by atoms with Gasteiger partial charge in [0, 0.05) is 5.41 Å². The first-order valence-corrected chi connectivity index (χ1v) is 5.84. The van der Waals surface area contributed by atoms with E-state index < -0.39 is 5.97 Å². The Kier molecular flexibility index (Phi) is 2.46. The summed E-state index contributed by atoms with van der Waals surface area (Å²) in [6.45, 7) is 6.22. The Balaban J connectivity index is 2.71. The highest BCUT2D eigenvalue weighted by molar-refractivity contribution is 7.19. The topological polar surface area (TPSA) is 50.2 Å². The van der Waals surface area contributed by atoms with Crippen LogP contribution in [-0.2, 0) is 5.41 Å². The Morgan fingerprint density at radius 3 is 2.62 bits per heavy atom. The van der Waals surface area contributed by atoms with Crippen molar-refractivity contribution in [3.63, 3.8) is 0 Å². The van der Waals surface area contributed by atoms with Crippen molar-refractivity contribution < 1.29 is 9.90 Å². The van der Waals surface area contributed by atoms with Crippen molar-refractivity contribution in [2.75, 3.05) is 0 Å². The molecule has 0 fully saturated rings. The number of benzene rings is 1. The minimum Gasteiger partial charge on any atom is -0.478 e. The molecule has 0 aliphatic heterocycles.